The molecule has 1 heterocycles. The third-order valence-electron chi connectivity index (χ3n) is 4.27. The van der Waals surface area contributed by atoms with Crippen LogP contribution in [-0.2, 0) is 15.5 Å². The lowest BCUT2D eigenvalue weighted by atomic mass is 9.86. The van der Waals surface area contributed by atoms with Crippen LogP contribution in [0.1, 0.15) is 51.5 Å². The molecule has 0 aromatic heterocycles. The maximum absolute atomic E-state index is 12.6. The molecule has 2 nitrogen and oxygen atoms in total. The molecule has 1 aromatic carbocycles. The van der Waals surface area contributed by atoms with Gasteiger partial charge in [-0.2, -0.15) is 0 Å². The smallest absolute Gasteiger partial charge is 0.0468 e. The molecule has 1 aliphatic heterocycles. The van der Waals surface area contributed by atoms with Crippen LogP contribution < -0.4 is 0 Å². The average Bonchev–Trinajstić information content (AvgIpc) is 2.47. The summed E-state index contributed by atoms with van der Waals surface area (Å²) >= 11 is 0. The van der Waals surface area contributed by atoms with Gasteiger partial charge in [0.25, 0.3) is 0 Å². The van der Waals surface area contributed by atoms with Crippen LogP contribution in [-0.4, -0.2) is 27.9 Å². The Bertz CT molecular complexity index is 444. The van der Waals surface area contributed by atoms with Crippen molar-refractivity contribution in [1.29, 1.82) is 0 Å². The molecule has 0 aliphatic carbocycles. The van der Waals surface area contributed by atoms with E-state index in [4.69, 9.17) is 4.74 Å². The van der Waals surface area contributed by atoms with Crippen molar-refractivity contribution in [3.05, 3.63) is 35.9 Å². The molecule has 0 spiro atoms. The summed E-state index contributed by atoms with van der Waals surface area (Å²) in [6, 6.07) is 10.6. The zero-order valence-electron chi connectivity index (χ0n) is 13.5. The third kappa shape index (κ3) is 5.23. The van der Waals surface area contributed by atoms with Crippen LogP contribution in [0.3, 0.4) is 0 Å². The van der Waals surface area contributed by atoms with Crippen molar-refractivity contribution in [3.8, 4) is 0 Å². The van der Waals surface area contributed by atoms with E-state index < -0.39 is 10.8 Å². The zero-order chi connectivity index (χ0) is 15.3. The molecule has 21 heavy (non-hydrogen) atoms. The molecule has 2 atom stereocenters. The van der Waals surface area contributed by atoms with Crippen LogP contribution in [0.2, 0.25) is 0 Å². The number of benzene rings is 1. The molecule has 1 saturated heterocycles. The van der Waals surface area contributed by atoms with E-state index in [-0.39, 0.29) is 4.75 Å². The molecular formula is C18H28O2S. The molecule has 1 fully saturated rings. The maximum atomic E-state index is 12.6. The molecule has 3 heteroatoms. The fraction of sp³-hybridized carbons (Fsp3) is 0.667. The fourth-order valence-electron chi connectivity index (χ4n) is 2.84. The van der Waals surface area contributed by atoms with Gasteiger partial charge in [0, 0.05) is 34.5 Å². The minimum atomic E-state index is -0.803. The van der Waals surface area contributed by atoms with Crippen molar-refractivity contribution in [2.45, 2.75) is 50.7 Å². The van der Waals surface area contributed by atoms with Gasteiger partial charge in [0.2, 0.25) is 0 Å². The summed E-state index contributed by atoms with van der Waals surface area (Å²) in [4.78, 5) is 0. The molecular weight excluding hydrogens is 280 g/mol. The van der Waals surface area contributed by atoms with Crippen LogP contribution in [0, 0.1) is 5.92 Å². The van der Waals surface area contributed by atoms with E-state index in [9.17, 15) is 4.21 Å². The first kappa shape index (κ1) is 16.7. The number of hydrogen-bond donors (Lipinski definition) is 0. The SMILES string of the molecule is CC(C)(C)[S@](=O)CC(CC1CCOCC1)c1ccccc1. The largest absolute Gasteiger partial charge is 0.381 e. The number of ether oxygens (including phenoxy) is 1. The Morgan fingerprint density at radius 1 is 1.19 bits per heavy atom. The summed E-state index contributed by atoms with van der Waals surface area (Å²) < 4.78 is 17.9. The lowest BCUT2D eigenvalue weighted by molar-refractivity contribution is 0.0623. The molecule has 0 N–H and O–H groups in total. The molecule has 0 radical (unpaired) electrons. The van der Waals surface area contributed by atoms with Gasteiger partial charge in [0.15, 0.2) is 0 Å². The second-order valence-corrected chi connectivity index (χ2v) is 9.27. The van der Waals surface area contributed by atoms with E-state index in [0.29, 0.717) is 11.8 Å². The third-order valence-corrected chi connectivity index (χ3v) is 6.34. The molecule has 0 amide bonds. The highest BCUT2D eigenvalue weighted by Crippen LogP contribution is 2.31. The van der Waals surface area contributed by atoms with E-state index >= 15 is 0 Å². The highest BCUT2D eigenvalue weighted by atomic mass is 32.2. The van der Waals surface area contributed by atoms with Crippen molar-refractivity contribution in [1.82, 2.24) is 0 Å². The summed E-state index contributed by atoms with van der Waals surface area (Å²) in [6.45, 7) is 7.97. The predicted octanol–water partition coefficient (Wildman–Crippen LogP) is 4.13. The summed E-state index contributed by atoms with van der Waals surface area (Å²) in [5, 5.41) is 0. The van der Waals surface area contributed by atoms with Gasteiger partial charge in [0.1, 0.15) is 0 Å². The summed E-state index contributed by atoms with van der Waals surface area (Å²) in [6.07, 6.45) is 3.42. The molecule has 0 bridgehead atoms. The van der Waals surface area contributed by atoms with Crippen LogP contribution >= 0.6 is 0 Å². The second kappa shape index (κ2) is 7.55. The summed E-state index contributed by atoms with van der Waals surface area (Å²) in [5.74, 6) is 1.88. The Labute approximate surface area is 131 Å². The second-order valence-electron chi connectivity index (χ2n) is 7.02. The van der Waals surface area contributed by atoms with Gasteiger partial charge in [-0.15, -0.1) is 0 Å². The van der Waals surface area contributed by atoms with E-state index in [1.54, 1.807) is 0 Å². The predicted molar refractivity (Wildman–Crippen MR) is 90.1 cm³/mol. The highest BCUT2D eigenvalue weighted by Gasteiger charge is 2.26. The first-order valence-electron chi connectivity index (χ1n) is 7.98. The Balaban J connectivity index is 2.08. The molecule has 2 rings (SSSR count). The van der Waals surface area contributed by atoms with Gasteiger partial charge >= 0.3 is 0 Å². The van der Waals surface area contributed by atoms with Gasteiger partial charge in [-0.1, -0.05) is 30.3 Å². The quantitative estimate of drug-likeness (QED) is 0.817. The zero-order valence-corrected chi connectivity index (χ0v) is 14.3. The van der Waals surface area contributed by atoms with Crippen LogP contribution in [0.5, 0.6) is 0 Å². The van der Waals surface area contributed by atoms with Crippen molar-refractivity contribution in [2.75, 3.05) is 19.0 Å². The molecule has 0 saturated carbocycles. The number of rotatable bonds is 5. The average molecular weight is 308 g/mol. The van der Waals surface area contributed by atoms with E-state index in [0.717, 1.165) is 38.2 Å². The van der Waals surface area contributed by atoms with Crippen molar-refractivity contribution < 1.29 is 8.95 Å². The standard InChI is InChI=1S/C18H28O2S/c1-18(2,3)21(19)14-17(16-7-5-4-6-8-16)13-15-9-11-20-12-10-15/h4-8,15,17H,9-14H2,1-3H3/t17?,21-/m1/s1. The van der Waals surface area contributed by atoms with Gasteiger partial charge < -0.3 is 4.74 Å². The molecule has 1 aliphatic rings. The van der Waals surface area contributed by atoms with Crippen LogP contribution in [0.15, 0.2) is 30.3 Å². The summed E-state index contributed by atoms with van der Waals surface area (Å²) in [7, 11) is -0.803. The minimum Gasteiger partial charge on any atom is -0.381 e. The maximum Gasteiger partial charge on any atom is 0.0468 e. The fourth-order valence-corrected chi connectivity index (χ4v) is 4.04. The van der Waals surface area contributed by atoms with Crippen molar-refractivity contribution in [3.63, 3.8) is 0 Å². The van der Waals surface area contributed by atoms with E-state index in [1.807, 2.05) is 0 Å². The van der Waals surface area contributed by atoms with Crippen LogP contribution in [0.25, 0.3) is 0 Å². The number of hydrogen-bond acceptors (Lipinski definition) is 2. The van der Waals surface area contributed by atoms with E-state index in [1.165, 1.54) is 5.56 Å². The highest BCUT2D eigenvalue weighted by molar-refractivity contribution is 7.86. The van der Waals surface area contributed by atoms with Gasteiger partial charge in [-0.3, -0.25) is 4.21 Å². The molecule has 1 unspecified atom stereocenters. The van der Waals surface area contributed by atoms with Gasteiger partial charge in [-0.25, -0.2) is 0 Å². The topological polar surface area (TPSA) is 26.3 Å². The Morgan fingerprint density at radius 2 is 1.81 bits per heavy atom. The minimum absolute atomic E-state index is 0.136. The monoisotopic (exact) mass is 308 g/mol. The normalized spacial score (nSPS) is 20.1. The Kier molecular flexibility index (Phi) is 6.00. The van der Waals surface area contributed by atoms with Crippen molar-refractivity contribution in [2.24, 2.45) is 5.92 Å². The first-order chi connectivity index (χ1) is 9.97. The van der Waals surface area contributed by atoms with Crippen LogP contribution in [0.4, 0.5) is 0 Å². The van der Waals surface area contributed by atoms with Gasteiger partial charge in [0.05, 0.1) is 0 Å². The molecule has 118 valence electrons. The first-order valence-corrected chi connectivity index (χ1v) is 9.30. The summed E-state index contributed by atoms with van der Waals surface area (Å²) in [5.41, 5.74) is 1.33. The molecule has 1 aromatic rings. The Morgan fingerprint density at radius 3 is 2.38 bits per heavy atom. The lowest BCUT2D eigenvalue weighted by Gasteiger charge is -2.28. The Hall–Kier alpha value is -0.670. The van der Waals surface area contributed by atoms with Gasteiger partial charge in [-0.05, 0) is 57.4 Å². The van der Waals surface area contributed by atoms with Crippen molar-refractivity contribution >= 4 is 10.8 Å². The van der Waals surface area contributed by atoms with E-state index in [2.05, 4.69) is 51.1 Å². The lowest BCUT2D eigenvalue weighted by Crippen LogP contribution is -2.28.